The molecule has 0 aliphatic heterocycles. The fourth-order valence-electron chi connectivity index (χ4n) is 1.02. The van der Waals surface area contributed by atoms with Crippen LogP contribution in [0.1, 0.15) is 27.2 Å². The Bertz CT molecular complexity index is 125. The highest BCUT2D eigenvalue weighted by molar-refractivity contribution is 5.90. The summed E-state index contributed by atoms with van der Waals surface area (Å²) in [7, 11) is 0. The molecule has 0 fully saturated rings. The maximum absolute atomic E-state index is 10.9. The maximum Gasteiger partial charge on any atom is 0.157 e. The molecule has 0 radical (unpaired) electrons. The molecule has 0 amide bonds. The van der Waals surface area contributed by atoms with Gasteiger partial charge >= 0.3 is 0 Å². The largest absolute Gasteiger partial charge is 0.295 e. The lowest BCUT2D eigenvalue weighted by Crippen LogP contribution is -2.09. The van der Waals surface area contributed by atoms with Crippen molar-refractivity contribution in [2.24, 2.45) is 11.8 Å². The highest BCUT2D eigenvalue weighted by Gasteiger charge is 2.10. The summed E-state index contributed by atoms with van der Waals surface area (Å²) in [6.07, 6.45) is 2.37. The third-order valence-corrected chi connectivity index (χ3v) is 1.51. The molecular formula is C9H16O. The zero-order chi connectivity index (χ0) is 8.15. The average Bonchev–Trinajstić information content (AvgIpc) is 1.85. The van der Waals surface area contributed by atoms with Crippen LogP contribution in [-0.2, 0) is 4.79 Å². The second-order valence-electron chi connectivity index (χ2n) is 3.14. The molecule has 0 N–H and O–H groups in total. The number of carbonyl (C=O) groups is 1. The summed E-state index contributed by atoms with van der Waals surface area (Å²) >= 11 is 0. The molecule has 0 saturated heterocycles. The molecule has 0 aliphatic rings. The number of carbonyl (C=O) groups excluding carboxylic acids is 1. The Labute approximate surface area is 63.1 Å². The second kappa shape index (κ2) is 4.26. The van der Waals surface area contributed by atoms with Gasteiger partial charge in [-0.3, -0.25) is 4.79 Å². The van der Waals surface area contributed by atoms with Gasteiger partial charge in [-0.1, -0.05) is 27.4 Å². The summed E-state index contributed by atoms with van der Waals surface area (Å²) in [6, 6.07) is 0. The van der Waals surface area contributed by atoms with E-state index in [9.17, 15) is 4.79 Å². The van der Waals surface area contributed by atoms with Crippen LogP contribution in [0, 0.1) is 11.8 Å². The zero-order valence-electron chi connectivity index (χ0n) is 7.05. The lowest BCUT2D eigenvalue weighted by Gasteiger charge is -2.09. The molecule has 1 heteroatoms. The van der Waals surface area contributed by atoms with Gasteiger partial charge < -0.3 is 0 Å². The normalized spacial score (nSPS) is 13.2. The van der Waals surface area contributed by atoms with E-state index < -0.39 is 0 Å². The number of allylic oxidation sites excluding steroid dienone is 1. The number of rotatable bonds is 4. The second-order valence-corrected chi connectivity index (χ2v) is 3.14. The van der Waals surface area contributed by atoms with E-state index in [2.05, 4.69) is 20.4 Å². The first-order valence-corrected chi connectivity index (χ1v) is 3.74. The van der Waals surface area contributed by atoms with E-state index in [1.165, 1.54) is 6.08 Å². The van der Waals surface area contributed by atoms with Crippen LogP contribution < -0.4 is 0 Å². The minimum Gasteiger partial charge on any atom is -0.295 e. The SMILES string of the molecule is C=CC(=O)[C@@H](C)CC(C)C. The number of hydrogen-bond acceptors (Lipinski definition) is 1. The van der Waals surface area contributed by atoms with Gasteiger partial charge in [0.15, 0.2) is 5.78 Å². The molecule has 0 bridgehead atoms. The van der Waals surface area contributed by atoms with Crippen molar-refractivity contribution in [1.29, 1.82) is 0 Å². The molecule has 0 spiro atoms. The Balaban J connectivity index is 3.72. The monoisotopic (exact) mass is 140 g/mol. The van der Waals surface area contributed by atoms with E-state index in [1.807, 2.05) is 6.92 Å². The first-order valence-electron chi connectivity index (χ1n) is 3.74. The molecule has 58 valence electrons. The van der Waals surface area contributed by atoms with E-state index in [0.29, 0.717) is 5.92 Å². The van der Waals surface area contributed by atoms with Gasteiger partial charge in [0, 0.05) is 5.92 Å². The molecule has 1 atom stereocenters. The summed E-state index contributed by atoms with van der Waals surface area (Å²) < 4.78 is 0. The third kappa shape index (κ3) is 3.44. The van der Waals surface area contributed by atoms with E-state index in [1.54, 1.807) is 0 Å². The van der Waals surface area contributed by atoms with Gasteiger partial charge in [0.05, 0.1) is 0 Å². The fraction of sp³-hybridized carbons (Fsp3) is 0.667. The molecule has 0 saturated carbocycles. The standard InChI is InChI=1S/C9H16O/c1-5-9(10)8(4)6-7(2)3/h5,7-8H,1,6H2,2-4H3/t8-/m0/s1. The highest BCUT2D eigenvalue weighted by Crippen LogP contribution is 2.11. The summed E-state index contributed by atoms with van der Waals surface area (Å²) in [6.45, 7) is 9.62. The van der Waals surface area contributed by atoms with E-state index in [-0.39, 0.29) is 11.7 Å². The van der Waals surface area contributed by atoms with Crippen molar-refractivity contribution >= 4 is 5.78 Å². The van der Waals surface area contributed by atoms with Crippen molar-refractivity contribution in [2.75, 3.05) is 0 Å². The van der Waals surface area contributed by atoms with Crippen LogP contribution in [0.25, 0.3) is 0 Å². The van der Waals surface area contributed by atoms with Crippen LogP contribution in [0.2, 0.25) is 0 Å². The van der Waals surface area contributed by atoms with Crippen LogP contribution >= 0.6 is 0 Å². The Kier molecular flexibility index (Phi) is 4.01. The Hall–Kier alpha value is -0.590. The molecule has 0 aliphatic carbocycles. The Morgan fingerprint density at radius 1 is 1.50 bits per heavy atom. The predicted octanol–water partition coefficient (Wildman–Crippen LogP) is 2.42. The van der Waals surface area contributed by atoms with Crippen molar-refractivity contribution in [3.05, 3.63) is 12.7 Å². The minimum absolute atomic E-state index is 0.150. The van der Waals surface area contributed by atoms with Gasteiger partial charge in [0.2, 0.25) is 0 Å². The van der Waals surface area contributed by atoms with Crippen LogP contribution in [0.5, 0.6) is 0 Å². The van der Waals surface area contributed by atoms with E-state index in [0.717, 1.165) is 6.42 Å². The maximum atomic E-state index is 10.9. The van der Waals surface area contributed by atoms with Gasteiger partial charge in [-0.05, 0) is 18.4 Å². The molecule has 0 heterocycles. The molecule has 0 unspecified atom stereocenters. The summed E-state index contributed by atoms with van der Waals surface area (Å²) in [5, 5.41) is 0. The van der Waals surface area contributed by atoms with E-state index in [4.69, 9.17) is 0 Å². The van der Waals surface area contributed by atoms with Crippen LogP contribution in [-0.4, -0.2) is 5.78 Å². The summed E-state index contributed by atoms with van der Waals surface area (Å²) in [5.41, 5.74) is 0. The molecule has 0 aromatic carbocycles. The smallest absolute Gasteiger partial charge is 0.157 e. The molecule has 0 aromatic rings. The number of hydrogen-bond donors (Lipinski definition) is 0. The van der Waals surface area contributed by atoms with Gasteiger partial charge in [0.1, 0.15) is 0 Å². The van der Waals surface area contributed by atoms with Gasteiger partial charge in [0.25, 0.3) is 0 Å². The van der Waals surface area contributed by atoms with Crippen LogP contribution in [0.15, 0.2) is 12.7 Å². The molecule has 10 heavy (non-hydrogen) atoms. The van der Waals surface area contributed by atoms with Crippen LogP contribution in [0.4, 0.5) is 0 Å². The van der Waals surface area contributed by atoms with Crippen LogP contribution in [0.3, 0.4) is 0 Å². The van der Waals surface area contributed by atoms with Crippen molar-refractivity contribution in [3.63, 3.8) is 0 Å². The molecular weight excluding hydrogens is 124 g/mol. The van der Waals surface area contributed by atoms with Crippen molar-refractivity contribution in [1.82, 2.24) is 0 Å². The average molecular weight is 140 g/mol. The Morgan fingerprint density at radius 3 is 2.30 bits per heavy atom. The quantitative estimate of drug-likeness (QED) is 0.548. The minimum atomic E-state index is 0.150. The predicted molar refractivity (Wildman–Crippen MR) is 43.8 cm³/mol. The first kappa shape index (κ1) is 9.41. The Morgan fingerprint density at radius 2 is 2.00 bits per heavy atom. The van der Waals surface area contributed by atoms with Crippen molar-refractivity contribution in [2.45, 2.75) is 27.2 Å². The molecule has 0 aromatic heterocycles. The summed E-state index contributed by atoms with van der Waals surface area (Å²) in [4.78, 5) is 10.9. The van der Waals surface area contributed by atoms with E-state index >= 15 is 0 Å². The van der Waals surface area contributed by atoms with Gasteiger partial charge in [-0.2, -0.15) is 0 Å². The lowest BCUT2D eigenvalue weighted by atomic mass is 9.95. The van der Waals surface area contributed by atoms with Crippen molar-refractivity contribution in [3.8, 4) is 0 Å². The molecule has 1 nitrogen and oxygen atoms in total. The fourth-order valence-corrected chi connectivity index (χ4v) is 1.02. The zero-order valence-corrected chi connectivity index (χ0v) is 7.05. The topological polar surface area (TPSA) is 17.1 Å². The van der Waals surface area contributed by atoms with Gasteiger partial charge in [-0.25, -0.2) is 0 Å². The summed E-state index contributed by atoms with van der Waals surface area (Å²) in [5.74, 6) is 0.907. The highest BCUT2D eigenvalue weighted by atomic mass is 16.1. The van der Waals surface area contributed by atoms with Crippen molar-refractivity contribution < 1.29 is 4.79 Å². The first-order chi connectivity index (χ1) is 4.57. The van der Waals surface area contributed by atoms with Gasteiger partial charge in [-0.15, -0.1) is 0 Å². The third-order valence-electron chi connectivity index (χ3n) is 1.51. The lowest BCUT2D eigenvalue weighted by molar-refractivity contribution is -0.118. The molecule has 0 rings (SSSR count). The number of ketones is 1.